The Bertz CT molecular complexity index is 1510. The lowest BCUT2D eigenvalue weighted by Gasteiger charge is -2.33. The predicted octanol–water partition coefficient (Wildman–Crippen LogP) is 4.04. The fourth-order valence-corrected chi connectivity index (χ4v) is 6.49. The molecule has 10 heteroatoms. The van der Waals surface area contributed by atoms with E-state index >= 15 is 0 Å². The molecule has 3 aromatic rings. The van der Waals surface area contributed by atoms with Crippen LogP contribution in [-0.2, 0) is 11.3 Å². The average Bonchev–Trinajstić information content (AvgIpc) is 3.88. The molecule has 3 N–H and O–H groups in total. The number of halogens is 1. The molecule has 3 heterocycles. The molecule has 3 aliphatic rings. The molecule has 0 saturated heterocycles. The highest BCUT2D eigenvalue weighted by Gasteiger charge is 2.48. The third-order valence-electron chi connectivity index (χ3n) is 8.67. The molecule has 41 heavy (non-hydrogen) atoms. The first-order valence-corrected chi connectivity index (χ1v) is 14.5. The maximum atomic E-state index is 14.0. The van der Waals surface area contributed by atoms with E-state index < -0.39 is 11.9 Å². The number of anilines is 1. The first-order chi connectivity index (χ1) is 19.7. The zero-order chi connectivity index (χ0) is 28.8. The van der Waals surface area contributed by atoms with Crippen LogP contribution in [0, 0.1) is 23.6 Å². The van der Waals surface area contributed by atoms with Crippen molar-refractivity contribution in [1.82, 2.24) is 25.0 Å². The molecule has 1 aliphatic heterocycles. The van der Waals surface area contributed by atoms with Gasteiger partial charge in [-0.25, -0.2) is 4.39 Å². The summed E-state index contributed by atoms with van der Waals surface area (Å²) in [6.45, 7) is 5.15. The molecule has 0 bridgehead atoms. The normalized spacial score (nSPS) is 19.7. The Hall–Kier alpha value is -3.79. The number of carbonyl (C=O) groups excluding carboxylic acids is 2. The van der Waals surface area contributed by atoms with Crippen molar-refractivity contribution in [2.24, 2.45) is 17.8 Å². The van der Waals surface area contributed by atoms with Gasteiger partial charge in [-0.15, -0.1) is 0 Å². The van der Waals surface area contributed by atoms with Crippen LogP contribution >= 0.6 is 0 Å². The number of benzene rings is 1. The van der Waals surface area contributed by atoms with Gasteiger partial charge in [-0.2, -0.15) is 5.10 Å². The molecule has 6 rings (SSSR count). The Morgan fingerprint density at radius 3 is 2.49 bits per heavy atom. The minimum absolute atomic E-state index is 0.0149. The molecule has 2 atom stereocenters. The van der Waals surface area contributed by atoms with Crippen LogP contribution in [0.5, 0.6) is 0 Å². The Kier molecular flexibility index (Phi) is 7.27. The highest BCUT2D eigenvalue weighted by molar-refractivity contribution is 6.01. The van der Waals surface area contributed by atoms with E-state index in [2.05, 4.69) is 25.6 Å². The SMILES string of the molecule is CC(C)n1nccc1C(=O)N[C@H](C(=O)Nc1ccc2c(c1)CN(C)CC2c1cc(F)c[nH]c1=O)C(C1CC1)C1CC1. The van der Waals surface area contributed by atoms with Gasteiger partial charge in [-0.3, -0.25) is 19.1 Å². The standard InChI is InChI=1S/C31H37FN6O3/c1-17(2)38-26(10-11-34-38)30(40)36-28(27(18-4-5-18)19-6-7-19)31(41)35-22-8-9-23-20(12-22)15-37(3)16-25(23)24-13-21(32)14-33-29(24)39/h8-14,17-19,25,27-28H,4-7,15-16H2,1-3H3,(H,33,39)(H,35,41)(H,36,40)/t25?,28-/m0/s1. The first-order valence-electron chi connectivity index (χ1n) is 14.5. The highest BCUT2D eigenvalue weighted by Crippen LogP contribution is 2.51. The van der Waals surface area contributed by atoms with Gasteiger partial charge in [0, 0.05) is 48.7 Å². The summed E-state index contributed by atoms with van der Waals surface area (Å²) in [6.07, 6.45) is 7.00. The van der Waals surface area contributed by atoms with E-state index in [1.807, 2.05) is 39.1 Å². The Labute approximate surface area is 238 Å². The molecule has 216 valence electrons. The van der Waals surface area contributed by atoms with Crippen molar-refractivity contribution in [2.45, 2.75) is 64.1 Å². The summed E-state index contributed by atoms with van der Waals surface area (Å²) < 4.78 is 15.7. The van der Waals surface area contributed by atoms with Gasteiger partial charge < -0.3 is 20.5 Å². The number of nitrogens with one attached hydrogen (secondary N) is 3. The predicted molar refractivity (Wildman–Crippen MR) is 153 cm³/mol. The highest BCUT2D eigenvalue weighted by atomic mass is 19.1. The number of nitrogens with zero attached hydrogens (tertiary/aromatic N) is 3. The van der Waals surface area contributed by atoms with Gasteiger partial charge in [0.05, 0.1) is 0 Å². The maximum Gasteiger partial charge on any atom is 0.270 e. The number of rotatable bonds is 9. The molecule has 9 nitrogen and oxygen atoms in total. The smallest absolute Gasteiger partial charge is 0.270 e. The lowest BCUT2D eigenvalue weighted by Crippen LogP contribution is -2.50. The summed E-state index contributed by atoms with van der Waals surface area (Å²) >= 11 is 0. The van der Waals surface area contributed by atoms with E-state index in [0.29, 0.717) is 41.9 Å². The lowest BCUT2D eigenvalue weighted by atomic mass is 9.85. The number of carbonyl (C=O) groups is 2. The van der Waals surface area contributed by atoms with Crippen LogP contribution < -0.4 is 16.2 Å². The van der Waals surface area contributed by atoms with Crippen molar-refractivity contribution in [3.63, 3.8) is 0 Å². The van der Waals surface area contributed by atoms with Crippen LogP contribution in [0.1, 0.15) is 78.7 Å². The molecule has 2 fully saturated rings. The summed E-state index contributed by atoms with van der Waals surface area (Å²) in [5.74, 6) is -0.310. The van der Waals surface area contributed by atoms with E-state index in [4.69, 9.17) is 0 Å². The lowest BCUT2D eigenvalue weighted by molar-refractivity contribution is -0.119. The quantitative estimate of drug-likeness (QED) is 0.366. The van der Waals surface area contributed by atoms with Crippen molar-refractivity contribution < 1.29 is 14.0 Å². The van der Waals surface area contributed by atoms with Gasteiger partial charge in [0.2, 0.25) is 5.91 Å². The van der Waals surface area contributed by atoms with Gasteiger partial charge in [-0.05, 0) is 99.7 Å². The molecule has 0 radical (unpaired) electrons. The minimum Gasteiger partial charge on any atom is -0.339 e. The zero-order valence-electron chi connectivity index (χ0n) is 23.7. The summed E-state index contributed by atoms with van der Waals surface area (Å²) in [5, 5.41) is 10.5. The number of fused-ring (bicyclic) bond motifs is 1. The monoisotopic (exact) mass is 560 g/mol. The summed E-state index contributed by atoms with van der Waals surface area (Å²) in [4.78, 5) is 44.4. The first kappa shape index (κ1) is 27.4. The van der Waals surface area contributed by atoms with E-state index in [0.717, 1.165) is 43.0 Å². The zero-order valence-corrected chi connectivity index (χ0v) is 23.7. The van der Waals surface area contributed by atoms with Crippen LogP contribution in [0.15, 0.2) is 47.5 Å². The Morgan fingerprint density at radius 1 is 1.07 bits per heavy atom. The van der Waals surface area contributed by atoms with E-state index in [9.17, 15) is 18.8 Å². The fraction of sp³-hybridized carbons (Fsp3) is 0.484. The molecule has 2 aromatic heterocycles. The van der Waals surface area contributed by atoms with E-state index in [-0.39, 0.29) is 35.3 Å². The average molecular weight is 561 g/mol. The number of hydrogen-bond donors (Lipinski definition) is 3. The topological polar surface area (TPSA) is 112 Å². The van der Waals surface area contributed by atoms with Crippen molar-refractivity contribution in [2.75, 3.05) is 18.9 Å². The number of aromatic nitrogens is 3. The molecule has 2 saturated carbocycles. The number of aromatic amines is 1. The largest absolute Gasteiger partial charge is 0.339 e. The number of hydrogen-bond acceptors (Lipinski definition) is 5. The number of likely N-dealkylation sites (N-methyl/N-ethyl adjacent to an activating group) is 1. The minimum atomic E-state index is -0.657. The summed E-state index contributed by atoms with van der Waals surface area (Å²) in [5.41, 5.74) is 3.06. The second-order valence-electron chi connectivity index (χ2n) is 12.2. The van der Waals surface area contributed by atoms with Crippen LogP contribution in [0.4, 0.5) is 10.1 Å². The molecular formula is C31H37FN6O3. The van der Waals surface area contributed by atoms with Gasteiger partial charge in [-0.1, -0.05) is 6.07 Å². The van der Waals surface area contributed by atoms with E-state index in [1.54, 1.807) is 16.9 Å². The molecule has 1 aromatic carbocycles. The van der Waals surface area contributed by atoms with Crippen LogP contribution in [0.3, 0.4) is 0 Å². The third kappa shape index (κ3) is 5.70. The Morgan fingerprint density at radius 2 is 1.80 bits per heavy atom. The summed E-state index contributed by atoms with van der Waals surface area (Å²) in [7, 11) is 1.96. The fourth-order valence-electron chi connectivity index (χ4n) is 6.49. The second-order valence-corrected chi connectivity index (χ2v) is 12.2. The number of amides is 2. The van der Waals surface area contributed by atoms with Crippen LogP contribution in [-0.4, -0.2) is 51.1 Å². The van der Waals surface area contributed by atoms with Gasteiger partial charge in [0.15, 0.2) is 0 Å². The van der Waals surface area contributed by atoms with Gasteiger partial charge in [0.1, 0.15) is 17.6 Å². The van der Waals surface area contributed by atoms with Crippen molar-refractivity contribution in [3.05, 3.63) is 81.3 Å². The molecule has 2 amide bonds. The third-order valence-corrected chi connectivity index (χ3v) is 8.67. The van der Waals surface area contributed by atoms with Crippen molar-refractivity contribution in [1.29, 1.82) is 0 Å². The van der Waals surface area contributed by atoms with Gasteiger partial charge in [0.25, 0.3) is 11.5 Å². The van der Waals surface area contributed by atoms with Crippen LogP contribution in [0.2, 0.25) is 0 Å². The molecule has 0 spiro atoms. The maximum absolute atomic E-state index is 14.0. The number of H-pyrrole nitrogens is 1. The second kappa shape index (κ2) is 10.9. The van der Waals surface area contributed by atoms with Crippen molar-refractivity contribution in [3.8, 4) is 0 Å². The molecular weight excluding hydrogens is 523 g/mol. The van der Waals surface area contributed by atoms with Crippen molar-refractivity contribution >= 4 is 17.5 Å². The number of pyridine rings is 1. The molecule has 1 unspecified atom stereocenters. The molecule has 2 aliphatic carbocycles. The van der Waals surface area contributed by atoms with Gasteiger partial charge >= 0.3 is 0 Å². The summed E-state index contributed by atoms with van der Waals surface area (Å²) in [6, 6.07) is 8.03. The van der Waals surface area contributed by atoms with E-state index in [1.165, 1.54) is 6.07 Å². The Balaban J connectivity index is 1.27. The van der Waals surface area contributed by atoms with Crippen LogP contribution in [0.25, 0.3) is 0 Å².